The number of carboxylic acids is 1. The van der Waals surface area contributed by atoms with Crippen LogP contribution in [0.4, 0.5) is 4.39 Å². The fourth-order valence-electron chi connectivity index (χ4n) is 1.93. The van der Waals surface area contributed by atoms with Crippen molar-refractivity contribution in [2.24, 2.45) is 0 Å². The maximum Gasteiger partial charge on any atom is 0.337 e. The smallest absolute Gasteiger partial charge is 0.337 e. The molecule has 0 bridgehead atoms. The summed E-state index contributed by atoms with van der Waals surface area (Å²) < 4.78 is 14.6. The van der Waals surface area contributed by atoms with Crippen LogP contribution in [-0.4, -0.2) is 16.2 Å². The van der Waals surface area contributed by atoms with Gasteiger partial charge in [0.25, 0.3) is 0 Å². The van der Waals surface area contributed by atoms with Crippen molar-refractivity contribution < 1.29 is 19.4 Å². The standard InChI is InChI=1S/C14H6Cl5FO3/c15-7-6(8(16)10(18)11(19)9(7)17)4-2-1-3-5(12(4)20)13(21)14(22)23/h1-3,13,21H,(H,22,23). The third kappa shape index (κ3) is 3.25. The largest absolute Gasteiger partial charge is 0.479 e. The van der Waals surface area contributed by atoms with Gasteiger partial charge in [-0.05, 0) is 0 Å². The summed E-state index contributed by atoms with van der Waals surface area (Å²) in [6.45, 7) is 0. The van der Waals surface area contributed by atoms with E-state index in [0.29, 0.717) is 0 Å². The van der Waals surface area contributed by atoms with Crippen LogP contribution in [0.2, 0.25) is 25.1 Å². The first-order valence-corrected chi connectivity index (χ1v) is 7.78. The van der Waals surface area contributed by atoms with Crippen LogP contribution < -0.4 is 0 Å². The summed E-state index contributed by atoms with van der Waals surface area (Å²) in [5, 5.41) is 17.8. The molecule has 2 rings (SSSR count). The van der Waals surface area contributed by atoms with Gasteiger partial charge in [0, 0.05) is 16.7 Å². The molecule has 0 aliphatic rings. The normalized spacial score (nSPS) is 12.3. The maximum absolute atomic E-state index is 14.6. The molecular formula is C14H6Cl5FO3. The number of carbonyl (C=O) groups is 1. The molecule has 0 aliphatic carbocycles. The van der Waals surface area contributed by atoms with Crippen LogP contribution in [0.3, 0.4) is 0 Å². The molecule has 0 aromatic heterocycles. The van der Waals surface area contributed by atoms with Crippen molar-refractivity contribution in [2.75, 3.05) is 0 Å². The summed E-state index contributed by atoms with van der Waals surface area (Å²) >= 11 is 29.9. The summed E-state index contributed by atoms with van der Waals surface area (Å²) in [4.78, 5) is 10.9. The first kappa shape index (κ1) is 18.6. The summed E-state index contributed by atoms with van der Waals surface area (Å²) in [5.74, 6) is -2.62. The zero-order valence-corrected chi connectivity index (χ0v) is 14.7. The predicted molar refractivity (Wildman–Crippen MR) is 89.5 cm³/mol. The fraction of sp³-hybridized carbons (Fsp3) is 0.0714. The molecule has 9 heteroatoms. The summed E-state index contributed by atoms with van der Waals surface area (Å²) in [6, 6.07) is 3.75. The van der Waals surface area contributed by atoms with E-state index in [1.54, 1.807) is 0 Å². The minimum Gasteiger partial charge on any atom is -0.479 e. The second-order valence-corrected chi connectivity index (χ2v) is 6.28. The molecule has 0 aliphatic heterocycles. The van der Waals surface area contributed by atoms with E-state index in [4.69, 9.17) is 63.1 Å². The van der Waals surface area contributed by atoms with Crippen LogP contribution in [0.1, 0.15) is 11.7 Å². The zero-order chi connectivity index (χ0) is 17.5. The van der Waals surface area contributed by atoms with Gasteiger partial charge in [0.1, 0.15) is 5.82 Å². The SMILES string of the molecule is O=C(O)C(O)c1cccc(-c2c(Cl)c(Cl)c(Cl)c(Cl)c2Cl)c1F. The van der Waals surface area contributed by atoms with Gasteiger partial charge in [-0.1, -0.05) is 76.2 Å². The Morgan fingerprint density at radius 1 is 0.957 bits per heavy atom. The first-order chi connectivity index (χ1) is 10.7. The van der Waals surface area contributed by atoms with Gasteiger partial charge in [0.15, 0.2) is 6.10 Å². The molecule has 0 fully saturated rings. The number of carboxylic acid groups (broad SMARTS) is 1. The van der Waals surface area contributed by atoms with E-state index in [0.717, 1.165) is 6.07 Å². The van der Waals surface area contributed by atoms with E-state index < -0.39 is 23.5 Å². The fourth-order valence-corrected chi connectivity index (χ4v) is 3.27. The molecule has 0 amide bonds. The van der Waals surface area contributed by atoms with Gasteiger partial charge >= 0.3 is 5.97 Å². The summed E-state index contributed by atoms with van der Waals surface area (Å²) in [7, 11) is 0. The molecule has 0 radical (unpaired) electrons. The lowest BCUT2D eigenvalue weighted by Crippen LogP contribution is -2.12. The minimum atomic E-state index is -2.05. The highest BCUT2D eigenvalue weighted by atomic mass is 35.5. The van der Waals surface area contributed by atoms with Crippen LogP contribution in [0.25, 0.3) is 11.1 Å². The number of aliphatic hydroxyl groups is 1. The molecule has 2 N–H and O–H groups in total. The van der Waals surface area contributed by atoms with E-state index in [2.05, 4.69) is 0 Å². The van der Waals surface area contributed by atoms with Gasteiger partial charge in [0.05, 0.1) is 25.1 Å². The second-order valence-electron chi connectivity index (χ2n) is 4.39. The van der Waals surface area contributed by atoms with E-state index in [-0.39, 0.29) is 36.2 Å². The van der Waals surface area contributed by atoms with Gasteiger partial charge in [-0.15, -0.1) is 0 Å². The topological polar surface area (TPSA) is 57.5 Å². The summed E-state index contributed by atoms with van der Waals surface area (Å²) in [6.07, 6.45) is -2.05. The van der Waals surface area contributed by atoms with Crippen molar-refractivity contribution in [3.63, 3.8) is 0 Å². The highest BCUT2D eigenvalue weighted by Crippen LogP contribution is 2.49. The monoisotopic (exact) mass is 416 g/mol. The van der Waals surface area contributed by atoms with Crippen LogP contribution >= 0.6 is 58.0 Å². The average Bonchev–Trinajstić information content (AvgIpc) is 2.52. The van der Waals surface area contributed by atoms with Crippen LogP contribution in [0, 0.1) is 5.82 Å². The first-order valence-electron chi connectivity index (χ1n) is 5.89. The number of hydrogen-bond donors (Lipinski definition) is 2. The summed E-state index contributed by atoms with van der Waals surface area (Å²) in [5.41, 5.74) is -0.674. The Morgan fingerprint density at radius 3 is 1.91 bits per heavy atom. The van der Waals surface area contributed by atoms with Crippen LogP contribution in [0.15, 0.2) is 18.2 Å². The Labute approximate surface area is 155 Å². The van der Waals surface area contributed by atoms with E-state index in [1.807, 2.05) is 0 Å². The molecule has 0 saturated carbocycles. The van der Waals surface area contributed by atoms with Gasteiger partial charge < -0.3 is 10.2 Å². The van der Waals surface area contributed by atoms with E-state index >= 15 is 0 Å². The molecule has 23 heavy (non-hydrogen) atoms. The van der Waals surface area contributed by atoms with E-state index in [1.165, 1.54) is 12.1 Å². The molecule has 3 nitrogen and oxygen atoms in total. The van der Waals surface area contributed by atoms with Crippen molar-refractivity contribution in [2.45, 2.75) is 6.10 Å². The van der Waals surface area contributed by atoms with Gasteiger partial charge in [-0.2, -0.15) is 0 Å². The van der Waals surface area contributed by atoms with Crippen molar-refractivity contribution in [3.8, 4) is 11.1 Å². The third-order valence-corrected chi connectivity index (χ3v) is 5.31. The van der Waals surface area contributed by atoms with Crippen LogP contribution in [0.5, 0.6) is 0 Å². The lowest BCUT2D eigenvalue weighted by Gasteiger charge is -2.15. The molecule has 2 aromatic carbocycles. The number of aliphatic hydroxyl groups excluding tert-OH is 1. The molecule has 0 heterocycles. The number of benzene rings is 2. The molecule has 1 atom stereocenters. The average molecular weight is 418 g/mol. The Hall–Kier alpha value is -0.750. The Kier molecular flexibility index (Phi) is 5.67. The molecule has 1 unspecified atom stereocenters. The molecule has 0 saturated heterocycles. The predicted octanol–water partition coefficient (Wildman–Crippen LogP) is 5.88. The Bertz CT molecular complexity index is 780. The van der Waals surface area contributed by atoms with Crippen molar-refractivity contribution in [1.29, 1.82) is 0 Å². The number of aliphatic carboxylic acids is 1. The molecule has 2 aromatic rings. The minimum absolute atomic E-state index is 0.0512. The highest BCUT2D eigenvalue weighted by molar-refractivity contribution is 6.56. The van der Waals surface area contributed by atoms with Gasteiger partial charge in [-0.3, -0.25) is 0 Å². The lowest BCUT2D eigenvalue weighted by atomic mass is 9.99. The maximum atomic E-state index is 14.6. The van der Waals surface area contributed by atoms with Crippen molar-refractivity contribution >= 4 is 64.0 Å². The van der Waals surface area contributed by atoms with Gasteiger partial charge in [-0.25, -0.2) is 9.18 Å². The number of hydrogen-bond acceptors (Lipinski definition) is 2. The van der Waals surface area contributed by atoms with Gasteiger partial charge in [0.2, 0.25) is 0 Å². The molecule has 122 valence electrons. The number of halogens is 6. The van der Waals surface area contributed by atoms with Crippen LogP contribution in [-0.2, 0) is 4.79 Å². The Morgan fingerprint density at radius 2 is 1.43 bits per heavy atom. The highest BCUT2D eigenvalue weighted by Gasteiger charge is 2.26. The second kappa shape index (κ2) is 7.01. The third-order valence-electron chi connectivity index (χ3n) is 3.04. The van der Waals surface area contributed by atoms with E-state index in [9.17, 15) is 14.3 Å². The number of rotatable bonds is 3. The van der Waals surface area contributed by atoms with Crippen molar-refractivity contribution in [3.05, 3.63) is 54.7 Å². The molecule has 0 spiro atoms. The quantitative estimate of drug-likeness (QED) is 0.484. The Balaban J connectivity index is 2.79. The lowest BCUT2D eigenvalue weighted by molar-refractivity contribution is -0.147. The zero-order valence-electron chi connectivity index (χ0n) is 10.9. The molecular weight excluding hydrogens is 412 g/mol. The van der Waals surface area contributed by atoms with Crippen molar-refractivity contribution in [1.82, 2.24) is 0 Å².